The standard InChI is InChI=1S/C17H33NOS/c1-3-4-5-6-7-8-9-10-11-12-13-17-18-16(14-20-17)15(2)19/h16-18H,3-14H2,1-2H3/t16-,17?/m0/s1. The second-order valence-corrected chi connectivity index (χ2v) is 7.36. The highest BCUT2D eigenvalue weighted by molar-refractivity contribution is 8.00. The molecule has 0 aromatic carbocycles. The van der Waals surface area contributed by atoms with Gasteiger partial charge in [0.15, 0.2) is 0 Å². The van der Waals surface area contributed by atoms with E-state index in [0.29, 0.717) is 11.2 Å². The van der Waals surface area contributed by atoms with Crippen molar-refractivity contribution in [1.82, 2.24) is 5.32 Å². The zero-order chi connectivity index (χ0) is 14.6. The molecule has 3 heteroatoms. The Kier molecular flexibility index (Phi) is 10.5. The topological polar surface area (TPSA) is 29.1 Å². The Morgan fingerprint density at radius 2 is 1.55 bits per heavy atom. The van der Waals surface area contributed by atoms with E-state index < -0.39 is 0 Å². The molecule has 0 bridgehead atoms. The molecular formula is C17H33NOS. The fourth-order valence-electron chi connectivity index (χ4n) is 2.75. The van der Waals surface area contributed by atoms with Gasteiger partial charge in [0.2, 0.25) is 0 Å². The summed E-state index contributed by atoms with van der Waals surface area (Å²) >= 11 is 1.93. The van der Waals surface area contributed by atoms with Crippen LogP contribution in [-0.4, -0.2) is 23.0 Å². The van der Waals surface area contributed by atoms with Gasteiger partial charge in [0.25, 0.3) is 0 Å². The monoisotopic (exact) mass is 299 g/mol. The molecule has 0 saturated carbocycles. The highest BCUT2D eigenvalue weighted by Gasteiger charge is 2.26. The molecule has 0 amide bonds. The number of ketones is 1. The van der Waals surface area contributed by atoms with Crippen LogP contribution in [0.15, 0.2) is 0 Å². The summed E-state index contributed by atoms with van der Waals surface area (Å²) in [6, 6.07) is 0.119. The number of nitrogens with one attached hydrogen (secondary N) is 1. The van der Waals surface area contributed by atoms with Crippen LogP contribution in [0.1, 0.15) is 84.5 Å². The molecule has 1 unspecified atom stereocenters. The van der Waals surface area contributed by atoms with E-state index in [9.17, 15) is 4.79 Å². The minimum absolute atomic E-state index is 0.119. The zero-order valence-electron chi connectivity index (χ0n) is 13.5. The van der Waals surface area contributed by atoms with E-state index in [1.807, 2.05) is 11.8 Å². The van der Waals surface area contributed by atoms with Gasteiger partial charge in [0.05, 0.1) is 11.4 Å². The normalized spacial score (nSPS) is 22.3. The first-order chi connectivity index (χ1) is 9.74. The lowest BCUT2D eigenvalue weighted by Gasteiger charge is -2.11. The van der Waals surface area contributed by atoms with Crippen LogP contribution in [0.3, 0.4) is 0 Å². The van der Waals surface area contributed by atoms with E-state index in [1.165, 1.54) is 70.6 Å². The van der Waals surface area contributed by atoms with Gasteiger partial charge < -0.3 is 0 Å². The highest BCUT2D eigenvalue weighted by Crippen LogP contribution is 2.24. The number of unbranched alkanes of at least 4 members (excludes halogenated alkanes) is 9. The Hall–Kier alpha value is -0.0200. The number of rotatable bonds is 12. The van der Waals surface area contributed by atoms with Crippen LogP contribution >= 0.6 is 11.8 Å². The predicted molar refractivity (Wildman–Crippen MR) is 90.3 cm³/mol. The molecule has 1 rings (SSSR count). The van der Waals surface area contributed by atoms with Crippen LogP contribution in [0.4, 0.5) is 0 Å². The predicted octanol–water partition coefficient (Wildman–Crippen LogP) is 4.92. The Bertz CT molecular complexity index is 257. The second-order valence-electron chi connectivity index (χ2n) is 6.12. The van der Waals surface area contributed by atoms with Crippen molar-refractivity contribution in [2.45, 2.75) is 95.9 Å². The van der Waals surface area contributed by atoms with Crippen molar-refractivity contribution in [3.63, 3.8) is 0 Å². The third kappa shape index (κ3) is 8.31. The summed E-state index contributed by atoms with van der Waals surface area (Å²) in [6.45, 7) is 3.97. The molecule has 1 aliphatic heterocycles. The van der Waals surface area contributed by atoms with Crippen LogP contribution in [0.25, 0.3) is 0 Å². The molecule has 1 fully saturated rings. The molecule has 1 N–H and O–H groups in total. The minimum atomic E-state index is 0.119. The van der Waals surface area contributed by atoms with Crippen molar-refractivity contribution in [3.05, 3.63) is 0 Å². The van der Waals surface area contributed by atoms with Gasteiger partial charge in [-0.3, -0.25) is 10.1 Å². The molecule has 0 aromatic heterocycles. The molecule has 118 valence electrons. The van der Waals surface area contributed by atoms with E-state index >= 15 is 0 Å². The molecule has 0 aromatic rings. The lowest BCUT2D eigenvalue weighted by Crippen LogP contribution is -2.35. The third-order valence-electron chi connectivity index (χ3n) is 4.16. The van der Waals surface area contributed by atoms with Crippen LogP contribution in [0.2, 0.25) is 0 Å². The van der Waals surface area contributed by atoms with Crippen molar-refractivity contribution in [3.8, 4) is 0 Å². The molecule has 0 aliphatic carbocycles. The van der Waals surface area contributed by atoms with Crippen molar-refractivity contribution in [2.75, 3.05) is 5.75 Å². The molecule has 2 nitrogen and oxygen atoms in total. The first kappa shape index (κ1) is 18.0. The van der Waals surface area contributed by atoms with Crippen LogP contribution in [-0.2, 0) is 4.79 Å². The molecule has 2 atom stereocenters. The molecule has 20 heavy (non-hydrogen) atoms. The summed E-state index contributed by atoms with van der Waals surface area (Å²) in [4.78, 5) is 11.3. The first-order valence-corrected chi connectivity index (χ1v) is 9.67. The quantitative estimate of drug-likeness (QED) is 0.519. The molecule has 1 heterocycles. The van der Waals surface area contributed by atoms with E-state index in [2.05, 4.69) is 12.2 Å². The Morgan fingerprint density at radius 1 is 1.00 bits per heavy atom. The molecular weight excluding hydrogens is 266 g/mol. The number of hydrogen-bond donors (Lipinski definition) is 1. The van der Waals surface area contributed by atoms with Crippen LogP contribution < -0.4 is 5.32 Å². The number of carbonyl (C=O) groups is 1. The van der Waals surface area contributed by atoms with Crippen molar-refractivity contribution >= 4 is 17.5 Å². The number of hydrogen-bond acceptors (Lipinski definition) is 3. The molecule has 1 saturated heterocycles. The average Bonchev–Trinajstić information content (AvgIpc) is 2.90. The highest BCUT2D eigenvalue weighted by atomic mass is 32.2. The maximum atomic E-state index is 11.3. The van der Waals surface area contributed by atoms with Crippen molar-refractivity contribution < 1.29 is 4.79 Å². The molecule has 0 spiro atoms. The first-order valence-electron chi connectivity index (χ1n) is 8.62. The van der Waals surface area contributed by atoms with Gasteiger partial charge in [0, 0.05) is 5.75 Å². The second kappa shape index (κ2) is 11.6. The van der Waals surface area contributed by atoms with E-state index in [4.69, 9.17) is 0 Å². The maximum Gasteiger partial charge on any atom is 0.147 e. The van der Waals surface area contributed by atoms with Gasteiger partial charge in [-0.05, 0) is 13.3 Å². The van der Waals surface area contributed by atoms with Gasteiger partial charge in [0.1, 0.15) is 5.78 Å². The lowest BCUT2D eigenvalue weighted by molar-refractivity contribution is -0.118. The van der Waals surface area contributed by atoms with Gasteiger partial charge in [-0.1, -0.05) is 71.1 Å². The summed E-state index contributed by atoms with van der Waals surface area (Å²) in [7, 11) is 0. The molecule has 1 aliphatic rings. The number of Topliss-reactive ketones (excluding diaryl/α,β-unsaturated/α-hetero) is 1. The Balaban J connectivity index is 1.82. The van der Waals surface area contributed by atoms with Crippen molar-refractivity contribution in [1.29, 1.82) is 0 Å². The summed E-state index contributed by atoms with van der Waals surface area (Å²) in [5.41, 5.74) is 0. The maximum absolute atomic E-state index is 11.3. The Morgan fingerprint density at radius 3 is 2.05 bits per heavy atom. The summed E-state index contributed by atoms with van der Waals surface area (Å²) in [5, 5.41) is 3.96. The zero-order valence-corrected chi connectivity index (χ0v) is 14.3. The number of carbonyl (C=O) groups excluding carboxylic acids is 1. The summed E-state index contributed by atoms with van der Waals surface area (Å²) < 4.78 is 0. The average molecular weight is 300 g/mol. The van der Waals surface area contributed by atoms with Crippen LogP contribution in [0.5, 0.6) is 0 Å². The number of thioether (sulfide) groups is 1. The fourth-order valence-corrected chi connectivity index (χ4v) is 4.10. The largest absolute Gasteiger partial charge is 0.298 e. The minimum Gasteiger partial charge on any atom is -0.298 e. The van der Waals surface area contributed by atoms with Gasteiger partial charge in [-0.15, -0.1) is 11.8 Å². The smallest absolute Gasteiger partial charge is 0.147 e. The van der Waals surface area contributed by atoms with Gasteiger partial charge in [-0.2, -0.15) is 0 Å². The third-order valence-corrected chi connectivity index (χ3v) is 5.46. The fraction of sp³-hybridized carbons (Fsp3) is 0.941. The van der Waals surface area contributed by atoms with Crippen molar-refractivity contribution in [2.24, 2.45) is 0 Å². The van der Waals surface area contributed by atoms with Gasteiger partial charge in [-0.25, -0.2) is 0 Å². The SMILES string of the molecule is CCCCCCCCCCCCC1N[C@H](C(C)=O)CS1. The van der Waals surface area contributed by atoms with E-state index in [0.717, 1.165) is 5.75 Å². The van der Waals surface area contributed by atoms with Gasteiger partial charge >= 0.3 is 0 Å². The summed E-state index contributed by atoms with van der Waals surface area (Å²) in [5.74, 6) is 1.26. The molecule has 0 radical (unpaired) electrons. The Labute approximate surface area is 129 Å². The summed E-state index contributed by atoms with van der Waals surface area (Å²) in [6.07, 6.45) is 15.2. The van der Waals surface area contributed by atoms with E-state index in [1.54, 1.807) is 6.92 Å². The lowest BCUT2D eigenvalue weighted by atomic mass is 10.1. The van der Waals surface area contributed by atoms with Crippen LogP contribution in [0, 0.1) is 0 Å². The van der Waals surface area contributed by atoms with E-state index in [-0.39, 0.29) is 6.04 Å².